The molecule has 7 nitrogen and oxygen atoms in total. The Labute approximate surface area is 194 Å². The van der Waals surface area contributed by atoms with Crippen LogP contribution in [0.4, 0.5) is 4.79 Å². The van der Waals surface area contributed by atoms with Crippen LogP contribution >= 0.6 is 50.7 Å². The molecule has 1 aliphatic heterocycles. The number of hydrogen-bond donors (Lipinski definition) is 2. The highest BCUT2D eigenvalue weighted by Crippen LogP contribution is 2.36. The fourth-order valence-electron chi connectivity index (χ4n) is 2.60. The minimum atomic E-state index is -1.30. The fraction of sp³-hybridized carbons (Fsp3) is 0.105. The zero-order valence-electron chi connectivity index (χ0n) is 14.9. The lowest BCUT2D eigenvalue weighted by Crippen LogP contribution is -2.35. The Morgan fingerprint density at radius 2 is 1.87 bits per heavy atom. The van der Waals surface area contributed by atoms with E-state index in [1.165, 1.54) is 6.08 Å². The van der Waals surface area contributed by atoms with E-state index >= 15 is 0 Å². The van der Waals surface area contributed by atoms with Crippen LogP contribution in [-0.4, -0.2) is 34.5 Å². The van der Waals surface area contributed by atoms with Crippen LogP contribution in [0.1, 0.15) is 11.1 Å². The lowest BCUT2D eigenvalue weighted by atomic mass is 10.1. The summed E-state index contributed by atoms with van der Waals surface area (Å²) in [4.78, 5) is 35.4. The number of urea groups is 1. The molecule has 0 saturated carbocycles. The summed E-state index contributed by atoms with van der Waals surface area (Å²) >= 11 is 21.6. The maximum Gasteiger partial charge on any atom is 0.329 e. The summed E-state index contributed by atoms with van der Waals surface area (Å²) in [5.41, 5.74) is 1.22. The zero-order chi connectivity index (χ0) is 22.0. The Balaban J connectivity index is 1.78. The topological polar surface area (TPSA) is 95.9 Å². The molecule has 1 aliphatic rings. The Kier molecular flexibility index (Phi) is 6.92. The maximum absolute atomic E-state index is 12.2. The first-order valence-corrected chi connectivity index (χ1v) is 10.2. The van der Waals surface area contributed by atoms with Crippen LogP contribution in [0.3, 0.4) is 0 Å². The van der Waals surface area contributed by atoms with E-state index in [-0.39, 0.29) is 17.3 Å². The average molecular weight is 535 g/mol. The second-order valence-corrected chi connectivity index (χ2v) is 8.20. The van der Waals surface area contributed by atoms with Crippen LogP contribution in [-0.2, 0) is 16.2 Å². The first-order chi connectivity index (χ1) is 14.2. The van der Waals surface area contributed by atoms with E-state index in [4.69, 9.17) is 44.6 Å². The summed E-state index contributed by atoms with van der Waals surface area (Å²) in [5, 5.41) is 12.3. The van der Waals surface area contributed by atoms with Gasteiger partial charge in [0.25, 0.3) is 5.91 Å². The SMILES string of the molecule is O=C(O)CN1C(=O)N/C(=C/c2cc(Cl)c(OCc3ccc(Cl)c(Cl)c3)c(Br)c2)C1=O. The molecular weight excluding hydrogens is 522 g/mol. The van der Waals surface area contributed by atoms with E-state index in [1.54, 1.807) is 30.3 Å². The minimum Gasteiger partial charge on any atom is -0.486 e. The molecule has 3 amide bonds. The molecule has 2 N–H and O–H groups in total. The summed E-state index contributed by atoms with van der Waals surface area (Å²) in [6, 6.07) is 7.49. The van der Waals surface area contributed by atoms with Crippen LogP contribution in [0.15, 0.2) is 40.5 Å². The third-order valence-electron chi connectivity index (χ3n) is 3.95. The second kappa shape index (κ2) is 9.26. The predicted molar refractivity (Wildman–Crippen MR) is 116 cm³/mol. The minimum absolute atomic E-state index is 0.0614. The van der Waals surface area contributed by atoms with E-state index in [2.05, 4.69) is 21.2 Å². The van der Waals surface area contributed by atoms with E-state index in [0.29, 0.717) is 30.7 Å². The van der Waals surface area contributed by atoms with Crippen LogP contribution < -0.4 is 10.1 Å². The van der Waals surface area contributed by atoms with Crippen molar-refractivity contribution in [3.05, 3.63) is 66.7 Å². The van der Waals surface area contributed by atoms with Gasteiger partial charge in [-0.2, -0.15) is 0 Å². The Morgan fingerprint density at radius 3 is 2.50 bits per heavy atom. The Morgan fingerprint density at radius 1 is 1.13 bits per heavy atom. The number of carbonyl (C=O) groups is 3. The monoisotopic (exact) mass is 532 g/mol. The summed E-state index contributed by atoms with van der Waals surface area (Å²) in [7, 11) is 0. The van der Waals surface area contributed by atoms with E-state index in [9.17, 15) is 14.4 Å². The van der Waals surface area contributed by atoms with Gasteiger partial charge >= 0.3 is 12.0 Å². The molecule has 156 valence electrons. The normalized spacial score (nSPS) is 14.9. The first-order valence-electron chi connectivity index (χ1n) is 8.28. The summed E-state index contributed by atoms with van der Waals surface area (Å²) in [6.07, 6.45) is 1.39. The van der Waals surface area contributed by atoms with Gasteiger partial charge in [0.05, 0.1) is 19.5 Å². The molecule has 1 heterocycles. The van der Waals surface area contributed by atoms with Gasteiger partial charge < -0.3 is 15.2 Å². The number of nitrogens with one attached hydrogen (secondary N) is 1. The molecule has 11 heteroatoms. The average Bonchev–Trinajstić information content (AvgIpc) is 2.91. The van der Waals surface area contributed by atoms with Crippen molar-refractivity contribution >= 4 is 74.7 Å². The van der Waals surface area contributed by atoms with E-state index in [1.807, 2.05) is 0 Å². The molecule has 30 heavy (non-hydrogen) atoms. The number of halogens is 4. The van der Waals surface area contributed by atoms with Crippen molar-refractivity contribution in [2.75, 3.05) is 6.54 Å². The van der Waals surface area contributed by atoms with Gasteiger partial charge in [-0.3, -0.25) is 9.59 Å². The number of amides is 3. The predicted octanol–water partition coefficient (Wildman–Crippen LogP) is 4.97. The lowest BCUT2D eigenvalue weighted by Gasteiger charge is -2.12. The van der Waals surface area contributed by atoms with Gasteiger partial charge in [0.2, 0.25) is 0 Å². The summed E-state index contributed by atoms with van der Waals surface area (Å²) in [6.45, 7) is -0.539. The third-order valence-corrected chi connectivity index (χ3v) is 5.56. The molecular formula is C19H12BrCl3N2O5. The number of carboxylic acids is 1. The summed E-state index contributed by atoms with van der Waals surface area (Å²) < 4.78 is 6.28. The number of nitrogens with zero attached hydrogens (tertiary/aromatic N) is 1. The Bertz CT molecular complexity index is 1070. The number of rotatable bonds is 6. The van der Waals surface area contributed by atoms with Crippen molar-refractivity contribution in [2.24, 2.45) is 0 Å². The van der Waals surface area contributed by atoms with Gasteiger partial charge in [-0.15, -0.1) is 0 Å². The number of aliphatic carboxylic acids is 1. The van der Waals surface area contributed by atoms with Gasteiger partial charge in [-0.25, -0.2) is 9.69 Å². The zero-order valence-corrected chi connectivity index (χ0v) is 18.8. The molecule has 3 rings (SSSR count). The van der Waals surface area contributed by atoms with Crippen LogP contribution in [0.25, 0.3) is 6.08 Å². The highest BCUT2D eigenvalue weighted by molar-refractivity contribution is 9.10. The van der Waals surface area contributed by atoms with Crippen molar-refractivity contribution < 1.29 is 24.2 Å². The van der Waals surface area contributed by atoms with Crippen molar-refractivity contribution in [1.82, 2.24) is 10.2 Å². The largest absolute Gasteiger partial charge is 0.486 e. The summed E-state index contributed by atoms with van der Waals surface area (Å²) in [5.74, 6) is -1.66. The van der Waals surface area contributed by atoms with Crippen LogP contribution in [0.5, 0.6) is 5.75 Å². The molecule has 0 spiro atoms. The number of imide groups is 1. The van der Waals surface area contributed by atoms with E-state index < -0.39 is 24.5 Å². The number of benzene rings is 2. The standard InChI is InChI=1S/C19H12BrCl3N2O5/c20-11-3-10(6-15-18(28)25(7-16(26)27)19(29)24-15)5-14(23)17(11)30-8-9-1-2-12(21)13(22)4-9/h1-6H,7-8H2,(H,24,29)(H,26,27)/b15-6+. The second-order valence-electron chi connectivity index (χ2n) is 6.12. The molecule has 0 radical (unpaired) electrons. The molecule has 0 aromatic heterocycles. The van der Waals surface area contributed by atoms with Crippen molar-refractivity contribution in [2.45, 2.75) is 6.61 Å². The van der Waals surface area contributed by atoms with Crippen molar-refractivity contribution in [3.63, 3.8) is 0 Å². The van der Waals surface area contributed by atoms with Gasteiger partial charge in [0.15, 0.2) is 5.75 Å². The van der Waals surface area contributed by atoms with Crippen LogP contribution in [0.2, 0.25) is 15.1 Å². The van der Waals surface area contributed by atoms with Crippen molar-refractivity contribution in [1.29, 1.82) is 0 Å². The fourth-order valence-corrected chi connectivity index (χ4v) is 3.91. The molecule has 2 aromatic carbocycles. The smallest absolute Gasteiger partial charge is 0.329 e. The number of hydrogen-bond acceptors (Lipinski definition) is 4. The lowest BCUT2D eigenvalue weighted by molar-refractivity contribution is -0.140. The molecule has 1 saturated heterocycles. The highest BCUT2D eigenvalue weighted by Gasteiger charge is 2.34. The Hall–Kier alpha value is -2.26. The van der Waals surface area contributed by atoms with Gasteiger partial charge in [-0.05, 0) is 57.4 Å². The number of carbonyl (C=O) groups excluding carboxylic acids is 2. The first kappa shape index (κ1) is 22.4. The number of ether oxygens (including phenoxy) is 1. The quantitative estimate of drug-likeness (QED) is 0.403. The maximum atomic E-state index is 12.2. The van der Waals surface area contributed by atoms with Crippen molar-refractivity contribution in [3.8, 4) is 5.75 Å². The molecule has 1 fully saturated rings. The van der Waals surface area contributed by atoms with Crippen LogP contribution in [0, 0.1) is 0 Å². The molecule has 0 aliphatic carbocycles. The highest BCUT2D eigenvalue weighted by atomic mass is 79.9. The third kappa shape index (κ3) is 5.07. The molecule has 2 aromatic rings. The van der Waals surface area contributed by atoms with Gasteiger partial charge in [0.1, 0.15) is 18.8 Å². The molecule has 0 bridgehead atoms. The number of carboxylic acid groups (broad SMARTS) is 1. The van der Waals surface area contributed by atoms with E-state index in [0.717, 1.165) is 5.56 Å². The van der Waals surface area contributed by atoms with Gasteiger partial charge in [-0.1, -0.05) is 40.9 Å². The molecule has 0 atom stereocenters. The molecule has 0 unspecified atom stereocenters. The van der Waals surface area contributed by atoms with Gasteiger partial charge in [0, 0.05) is 0 Å².